The smallest absolute Gasteiger partial charge is 0.223 e. The van der Waals surface area contributed by atoms with E-state index in [0.717, 1.165) is 37.2 Å². The van der Waals surface area contributed by atoms with Gasteiger partial charge in [0.2, 0.25) is 5.91 Å². The molecule has 2 N–H and O–H groups in total. The molecular formula is C15H22N2O2. The van der Waals surface area contributed by atoms with Crippen LogP contribution >= 0.6 is 0 Å². The van der Waals surface area contributed by atoms with Crippen LogP contribution in [0, 0.1) is 6.92 Å². The average molecular weight is 262 g/mol. The molecule has 0 spiro atoms. The Morgan fingerprint density at radius 3 is 3.16 bits per heavy atom. The van der Waals surface area contributed by atoms with E-state index in [1.807, 2.05) is 31.2 Å². The molecule has 1 amide bonds. The van der Waals surface area contributed by atoms with E-state index in [-0.39, 0.29) is 11.9 Å². The Balaban J connectivity index is 1.66. The zero-order valence-electron chi connectivity index (χ0n) is 11.4. The molecule has 0 radical (unpaired) electrons. The number of piperidine rings is 1. The summed E-state index contributed by atoms with van der Waals surface area (Å²) in [6.45, 7) is 4.39. The van der Waals surface area contributed by atoms with Gasteiger partial charge in [0.25, 0.3) is 0 Å². The maximum Gasteiger partial charge on any atom is 0.223 e. The molecule has 1 aromatic carbocycles. The Morgan fingerprint density at radius 1 is 1.53 bits per heavy atom. The van der Waals surface area contributed by atoms with Crippen LogP contribution < -0.4 is 15.4 Å². The van der Waals surface area contributed by atoms with Gasteiger partial charge in [-0.1, -0.05) is 12.1 Å². The van der Waals surface area contributed by atoms with Gasteiger partial charge in [-0.2, -0.15) is 0 Å². The van der Waals surface area contributed by atoms with E-state index >= 15 is 0 Å². The van der Waals surface area contributed by atoms with Gasteiger partial charge in [-0.05, 0) is 44.0 Å². The van der Waals surface area contributed by atoms with E-state index in [4.69, 9.17) is 4.74 Å². The average Bonchev–Trinajstić information content (AvgIpc) is 2.40. The van der Waals surface area contributed by atoms with Gasteiger partial charge in [-0.3, -0.25) is 4.79 Å². The second kappa shape index (κ2) is 7.14. The van der Waals surface area contributed by atoms with Gasteiger partial charge in [-0.25, -0.2) is 0 Å². The highest BCUT2D eigenvalue weighted by Gasteiger charge is 2.14. The van der Waals surface area contributed by atoms with Crippen molar-refractivity contribution in [2.75, 3.05) is 19.7 Å². The fourth-order valence-corrected chi connectivity index (χ4v) is 2.24. The molecule has 1 saturated heterocycles. The van der Waals surface area contributed by atoms with Crippen LogP contribution in [0.15, 0.2) is 24.3 Å². The van der Waals surface area contributed by atoms with Crippen molar-refractivity contribution in [3.8, 4) is 5.75 Å². The van der Waals surface area contributed by atoms with Crippen LogP contribution in [0.4, 0.5) is 0 Å². The van der Waals surface area contributed by atoms with Crippen molar-refractivity contribution in [3.63, 3.8) is 0 Å². The molecular weight excluding hydrogens is 240 g/mol. The molecule has 1 aliphatic heterocycles. The minimum absolute atomic E-state index is 0.0707. The minimum atomic E-state index is 0.0707. The summed E-state index contributed by atoms with van der Waals surface area (Å²) in [4.78, 5) is 11.7. The molecule has 1 heterocycles. The zero-order chi connectivity index (χ0) is 13.5. The molecule has 0 aromatic heterocycles. The number of benzene rings is 1. The van der Waals surface area contributed by atoms with Gasteiger partial charge in [0.15, 0.2) is 0 Å². The first-order valence-electron chi connectivity index (χ1n) is 6.93. The largest absolute Gasteiger partial charge is 0.493 e. The van der Waals surface area contributed by atoms with E-state index in [9.17, 15) is 4.79 Å². The molecule has 0 unspecified atom stereocenters. The van der Waals surface area contributed by atoms with Crippen molar-refractivity contribution in [1.29, 1.82) is 0 Å². The lowest BCUT2D eigenvalue weighted by Crippen LogP contribution is -2.45. The van der Waals surface area contributed by atoms with Crippen molar-refractivity contribution in [2.45, 2.75) is 32.2 Å². The van der Waals surface area contributed by atoms with E-state index < -0.39 is 0 Å². The Bertz CT molecular complexity index is 414. The summed E-state index contributed by atoms with van der Waals surface area (Å²) in [5.74, 6) is 0.897. The molecule has 104 valence electrons. The lowest BCUT2D eigenvalue weighted by atomic mass is 10.1. The number of ether oxygens (including phenoxy) is 1. The first-order valence-corrected chi connectivity index (χ1v) is 6.93. The number of rotatable bonds is 5. The van der Waals surface area contributed by atoms with Gasteiger partial charge in [0.1, 0.15) is 5.75 Å². The molecule has 0 saturated carbocycles. The second-order valence-corrected chi connectivity index (χ2v) is 5.03. The predicted molar refractivity (Wildman–Crippen MR) is 75.3 cm³/mol. The summed E-state index contributed by atoms with van der Waals surface area (Å²) < 4.78 is 5.57. The van der Waals surface area contributed by atoms with Gasteiger partial charge in [-0.15, -0.1) is 0 Å². The first-order chi connectivity index (χ1) is 9.24. The third-order valence-corrected chi connectivity index (χ3v) is 3.25. The molecule has 2 rings (SSSR count). The summed E-state index contributed by atoms with van der Waals surface area (Å²) in [7, 11) is 0. The van der Waals surface area contributed by atoms with E-state index in [2.05, 4.69) is 10.6 Å². The number of carbonyl (C=O) groups is 1. The predicted octanol–water partition coefficient (Wildman–Crippen LogP) is 1.63. The SMILES string of the molecule is Cc1cccc(OCCC(=O)N[C@H]2CCCNC2)c1. The zero-order valence-corrected chi connectivity index (χ0v) is 11.4. The molecule has 0 aliphatic carbocycles. The summed E-state index contributed by atoms with van der Waals surface area (Å²) >= 11 is 0. The topological polar surface area (TPSA) is 50.4 Å². The Hall–Kier alpha value is -1.55. The third-order valence-electron chi connectivity index (χ3n) is 3.25. The lowest BCUT2D eigenvalue weighted by Gasteiger charge is -2.23. The second-order valence-electron chi connectivity index (χ2n) is 5.03. The number of carbonyl (C=O) groups excluding carboxylic acids is 1. The van der Waals surface area contributed by atoms with Crippen LogP contribution in [-0.4, -0.2) is 31.6 Å². The van der Waals surface area contributed by atoms with Crippen molar-refractivity contribution in [2.24, 2.45) is 0 Å². The molecule has 4 heteroatoms. The maximum absolute atomic E-state index is 11.7. The van der Waals surface area contributed by atoms with Crippen LogP contribution in [0.1, 0.15) is 24.8 Å². The van der Waals surface area contributed by atoms with Gasteiger partial charge < -0.3 is 15.4 Å². The quantitative estimate of drug-likeness (QED) is 0.848. The van der Waals surface area contributed by atoms with Crippen LogP contribution in [0.25, 0.3) is 0 Å². The molecule has 1 aromatic rings. The van der Waals surface area contributed by atoms with Crippen molar-refractivity contribution in [1.82, 2.24) is 10.6 Å². The number of hydrogen-bond acceptors (Lipinski definition) is 3. The first kappa shape index (κ1) is 13.9. The van der Waals surface area contributed by atoms with E-state index in [1.54, 1.807) is 0 Å². The number of hydrogen-bond donors (Lipinski definition) is 2. The number of nitrogens with one attached hydrogen (secondary N) is 2. The van der Waals surface area contributed by atoms with E-state index in [1.165, 1.54) is 0 Å². The van der Waals surface area contributed by atoms with Crippen LogP contribution in [0.2, 0.25) is 0 Å². The van der Waals surface area contributed by atoms with Crippen LogP contribution in [0.5, 0.6) is 5.75 Å². The molecule has 19 heavy (non-hydrogen) atoms. The van der Waals surface area contributed by atoms with Crippen LogP contribution in [0.3, 0.4) is 0 Å². The van der Waals surface area contributed by atoms with Gasteiger partial charge in [0.05, 0.1) is 13.0 Å². The fraction of sp³-hybridized carbons (Fsp3) is 0.533. The van der Waals surface area contributed by atoms with Crippen molar-refractivity contribution in [3.05, 3.63) is 29.8 Å². The summed E-state index contributed by atoms with van der Waals surface area (Å²) in [6, 6.07) is 8.15. The molecule has 1 fully saturated rings. The molecule has 1 aliphatic rings. The number of aryl methyl sites for hydroxylation is 1. The summed E-state index contributed by atoms with van der Waals surface area (Å²) in [5.41, 5.74) is 1.16. The standard InChI is InChI=1S/C15H22N2O2/c1-12-4-2-6-14(10-12)19-9-7-15(18)17-13-5-3-8-16-11-13/h2,4,6,10,13,16H,3,5,7-9,11H2,1H3,(H,17,18)/t13-/m0/s1. The van der Waals surface area contributed by atoms with Gasteiger partial charge in [0, 0.05) is 12.6 Å². The Morgan fingerprint density at radius 2 is 2.42 bits per heavy atom. The third kappa shape index (κ3) is 4.91. The monoisotopic (exact) mass is 262 g/mol. The fourth-order valence-electron chi connectivity index (χ4n) is 2.24. The summed E-state index contributed by atoms with van der Waals surface area (Å²) in [6.07, 6.45) is 2.60. The highest BCUT2D eigenvalue weighted by atomic mass is 16.5. The lowest BCUT2D eigenvalue weighted by molar-refractivity contribution is -0.122. The Labute approximate surface area is 114 Å². The highest BCUT2D eigenvalue weighted by Crippen LogP contribution is 2.12. The van der Waals surface area contributed by atoms with Crippen molar-refractivity contribution >= 4 is 5.91 Å². The molecule has 4 nitrogen and oxygen atoms in total. The maximum atomic E-state index is 11.7. The normalized spacial score (nSPS) is 18.9. The van der Waals surface area contributed by atoms with Gasteiger partial charge >= 0.3 is 0 Å². The minimum Gasteiger partial charge on any atom is -0.493 e. The summed E-state index contributed by atoms with van der Waals surface area (Å²) in [5, 5.41) is 6.32. The number of amides is 1. The molecule has 1 atom stereocenters. The Kier molecular flexibility index (Phi) is 5.21. The molecule has 0 bridgehead atoms. The van der Waals surface area contributed by atoms with Crippen molar-refractivity contribution < 1.29 is 9.53 Å². The van der Waals surface area contributed by atoms with Crippen LogP contribution in [-0.2, 0) is 4.79 Å². The highest BCUT2D eigenvalue weighted by molar-refractivity contribution is 5.76. The van der Waals surface area contributed by atoms with E-state index in [0.29, 0.717) is 13.0 Å².